The zero-order valence-electron chi connectivity index (χ0n) is 11.2. The van der Waals surface area contributed by atoms with Crippen molar-refractivity contribution >= 4 is 5.91 Å². The summed E-state index contributed by atoms with van der Waals surface area (Å²) in [6, 6.07) is 5.94. The van der Waals surface area contributed by atoms with E-state index in [-0.39, 0.29) is 5.91 Å². The molecular weight excluding hydrogens is 226 g/mol. The van der Waals surface area contributed by atoms with Gasteiger partial charge in [-0.15, -0.1) is 0 Å². The Bertz CT molecular complexity index is 458. The number of nitrogens with zero attached hydrogens (tertiary/aromatic N) is 2. The normalized spacial score (nSPS) is 10.8. The second kappa shape index (κ2) is 6.15. The molecule has 1 rings (SSSR count). The van der Waals surface area contributed by atoms with E-state index in [1.54, 1.807) is 6.20 Å². The van der Waals surface area contributed by atoms with Crippen molar-refractivity contribution in [2.45, 2.75) is 40.2 Å². The summed E-state index contributed by atoms with van der Waals surface area (Å²) in [6.07, 6.45) is 2.74. The molecule has 1 aromatic rings. The molecule has 0 aliphatic heterocycles. The summed E-state index contributed by atoms with van der Waals surface area (Å²) in [6.45, 7) is 6.04. The molecule has 1 heterocycles. The zero-order chi connectivity index (χ0) is 13.6. The van der Waals surface area contributed by atoms with Crippen LogP contribution in [0.2, 0.25) is 0 Å². The van der Waals surface area contributed by atoms with E-state index in [9.17, 15) is 10.1 Å². The predicted octanol–water partition coefficient (Wildman–Crippen LogP) is 2.34. The standard InChI is InChI=1S/C14H19N3O/c1-4-14(5-2,10-15)13(18)17-9-12-11(3)7-6-8-16-12/h6-8H,4-5,9H2,1-3H3,(H,17,18). The summed E-state index contributed by atoms with van der Waals surface area (Å²) in [5.74, 6) is -0.208. The highest BCUT2D eigenvalue weighted by molar-refractivity contribution is 5.85. The van der Waals surface area contributed by atoms with E-state index in [1.165, 1.54) is 0 Å². The molecule has 0 spiro atoms. The number of amides is 1. The predicted molar refractivity (Wildman–Crippen MR) is 69.4 cm³/mol. The lowest BCUT2D eigenvalue weighted by molar-refractivity contribution is -0.128. The Kier molecular flexibility index (Phi) is 4.85. The van der Waals surface area contributed by atoms with Gasteiger partial charge >= 0.3 is 0 Å². The monoisotopic (exact) mass is 245 g/mol. The van der Waals surface area contributed by atoms with Gasteiger partial charge in [0.25, 0.3) is 0 Å². The van der Waals surface area contributed by atoms with Crippen LogP contribution >= 0.6 is 0 Å². The average molecular weight is 245 g/mol. The van der Waals surface area contributed by atoms with E-state index >= 15 is 0 Å². The summed E-state index contributed by atoms with van der Waals surface area (Å²) in [5.41, 5.74) is 0.959. The van der Waals surface area contributed by atoms with Crippen molar-refractivity contribution in [1.29, 1.82) is 5.26 Å². The number of nitriles is 1. The van der Waals surface area contributed by atoms with Crippen molar-refractivity contribution in [3.8, 4) is 6.07 Å². The molecule has 0 aliphatic rings. The van der Waals surface area contributed by atoms with Crippen molar-refractivity contribution in [3.63, 3.8) is 0 Å². The Morgan fingerprint density at radius 3 is 2.67 bits per heavy atom. The van der Waals surface area contributed by atoms with Crippen molar-refractivity contribution in [1.82, 2.24) is 10.3 Å². The second-order valence-corrected chi connectivity index (χ2v) is 4.35. The Morgan fingerprint density at radius 1 is 1.50 bits per heavy atom. The van der Waals surface area contributed by atoms with Gasteiger partial charge in [0.15, 0.2) is 0 Å². The van der Waals surface area contributed by atoms with Crippen LogP contribution in [0.3, 0.4) is 0 Å². The molecule has 1 N–H and O–H groups in total. The number of rotatable bonds is 5. The number of hydrogen-bond donors (Lipinski definition) is 1. The lowest BCUT2D eigenvalue weighted by Crippen LogP contribution is -2.39. The van der Waals surface area contributed by atoms with Crippen LogP contribution in [0.5, 0.6) is 0 Å². The van der Waals surface area contributed by atoms with Crippen LogP contribution in [0.25, 0.3) is 0 Å². The van der Waals surface area contributed by atoms with Gasteiger partial charge in [0, 0.05) is 6.20 Å². The minimum atomic E-state index is -0.914. The molecule has 0 saturated heterocycles. The smallest absolute Gasteiger partial charge is 0.240 e. The Balaban J connectivity index is 2.73. The number of carbonyl (C=O) groups is 1. The third kappa shape index (κ3) is 2.86. The van der Waals surface area contributed by atoms with Gasteiger partial charge < -0.3 is 5.32 Å². The quantitative estimate of drug-likeness (QED) is 0.865. The summed E-state index contributed by atoms with van der Waals surface area (Å²) in [4.78, 5) is 16.3. The van der Waals surface area contributed by atoms with Crippen LogP contribution in [0.15, 0.2) is 18.3 Å². The highest BCUT2D eigenvalue weighted by Gasteiger charge is 2.34. The first-order chi connectivity index (χ1) is 8.59. The largest absolute Gasteiger partial charge is 0.349 e. The molecule has 0 atom stereocenters. The first-order valence-corrected chi connectivity index (χ1v) is 6.19. The lowest BCUT2D eigenvalue weighted by Gasteiger charge is -2.22. The molecule has 1 amide bonds. The molecule has 4 heteroatoms. The maximum Gasteiger partial charge on any atom is 0.240 e. The SMILES string of the molecule is CCC(C#N)(CC)C(=O)NCc1ncccc1C. The van der Waals surface area contributed by atoms with Gasteiger partial charge in [-0.05, 0) is 31.4 Å². The number of aromatic nitrogens is 1. The maximum absolute atomic E-state index is 12.1. The molecule has 0 unspecified atom stereocenters. The fraction of sp³-hybridized carbons (Fsp3) is 0.500. The van der Waals surface area contributed by atoms with Gasteiger partial charge in [-0.2, -0.15) is 5.26 Å². The van der Waals surface area contributed by atoms with E-state index in [1.807, 2.05) is 32.9 Å². The van der Waals surface area contributed by atoms with Gasteiger partial charge in [0.1, 0.15) is 5.41 Å². The fourth-order valence-electron chi connectivity index (χ4n) is 1.82. The first-order valence-electron chi connectivity index (χ1n) is 6.19. The van der Waals surface area contributed by atoms with Gasteiger partial charge in [-0.3, -0.25) is 9.78 Å². The Morgan fingerprint density at radius 2 is 2.17 bits per heavy atom. The lowest BCUT2D eigenvalue weighted by atomic mass is 9.83. The molecule has 0 fully saturated rings. The molecule has 0 aromatic carbocycles. The fourth-order valence-corrected chi connectivity index (χ4v) is 1.82. The van der Waals surface area contributed by atoms with Crippen LogP contribution in [0.4, 0.5) is 0 Å². The van der Waals surface area contributed by atoms with Crippen LogP contribution in [-0.2, 0) is 11.3 Å². The topological polar surface area (TPSA) is 65.8 Å². The number of carbonyl (C=O) groups excluding carboxylic acids is 1. The van der Waals surface area contributed by atoms with E-state index in [2.05, 4.69) is 16.4 Å². The average Bonchev–Trinajstić information content (AvgIpc) is 2.40. The van der Waals surface area contributed by atoms with Crippen LogP contribution < -0.4 is 5.32 Å². The first kappa shape index (κ1) is 14.2. The summed E-state index contributed by atoms with van der Waals surface area (Å²) < 4.78 is 0. The number of hydrogen-bond acceptors (Lipinski definition) is 3. The number of pyridine rings is 1. The molecule has 18 heavy (non-hydrogen) atoms. The highest BCUT2D eigenvalue weighted by atomic mass is 16.2. The minimum Gasteiger partial charge on any atom is -0.349 e. The minimum absolute atomic E-state index is 0.208. The zero-order valence-corrected chi connectivity index (χ0v) is 11.2. The van der Waals surface area contributed by atoms with Crippen molar-refractivity contribution < 1.29 is 4.79 Å². The van der Waals surface area contributed by atoms with Gasteiger partial charge in [0.2, 0.25) is 5.91 Å². The highest BCUT2D eigenvalue weighted by Crippen LogP contribution is 2.25. The molecule has 96 valence electrons. The van der Waals surface area contributed by atoms with E-state index in [4.69, 9.17) is 0 Å². The summed E-state index contributed by atoms with van der Waals surface area (Å²) in [5, 5.41) is 12.0. The van der Waals surface area contributed by atoms with Crippen molar-refractivity contribution in [2.75, 3.05) is 0 Å². The molecule has 0 radical (unpaired) electrons. The summed E-state index contributed by atoms with van der Waals surface area (Å²) in [7, 11) is 0. The maximum atomic E-state index is 12.1. The van der Waals surface area contributed by atoms with E-state index in [0.717, 1.165) is 11.3 Å². The Hall–Kier alpha value is -1.89. The van der Waals surface area contributed by atoms with Crippen LogP contribution in [0.1, 0.15) is 37.9 Å². The molecule has 0 saturated carbocycles. The van der Waals surface area contributed by atoms with E-state index in [0.29, 0.717) is 19.4 Å². The Labute approximate surface area is 108 Å². The molecule has 4 nitrogen and oxygen atoms in total. The third-order valence-electron chi connectivity index (χ3n) is 3.39. The van der Waals surface area contributed by atoms with Crippen LogP contribution in [-0.4, -0.2) is 10.9 Å². The van der Waals surface area contributed by atoms with Crippen molar-refractivity contribution in [3.05, 3.63) is 29.6 Å². The third-order valence-corrected chi connectivity index (χ3v) is 3.39. The molecule has 0 aliphatic carbocycles. The van der Waals surface area contributed by atoms with E-state index < -0.39 is 5.41 Å². The van der Waals surface area contributed by atoms with Gasteiger partial charge in [-0.1, -0.05) is 19.9 Å². The summed E-state index contributed by atoms with van der Waals surface area (Å²) >= 11 is 0. The molecule has 1 aromatic heterocycles. The number of nitrogens with one attached hydrogen (secondary N) is 1. The molecular formula is C14H19N3O. The van der Waals surface area contributed by atoms with Gasteiger partial charge in [-0.25, -0.2) is 0 Å². The molecule has 0 bridgehead atoms. The van der Waals surface area contributed by atoms with Gasteiger partial charge in [0.05, 0.1) is 18.3 Å². The van der Waals surface area contributed by atoms with Crippen LogP contribution in [0, 0.1) is 23.7 Å². The second-order valence-electron chi connectivity index (χ2n) is 4.35. The number of aryl methyl sites for hydroxylation is 1. The van der Waals surface area contributed by atoms with Crippen molar-refractivity contribution in [2.24, 2.45) is 5.41 Å².